The highest BCUT2D eigenvalue weighted by atomic mass is 32.1. The summed E-state index contributed by atoms with van der Waals surface area (Å²) in [6.07, 6.45) is 6.85. The molecule has 3 heterocycles. The van der Waals surface area contributed by atoms with Gasteiger partial charge in [0, 0.05) is 30.1 Å². The van der Waals surface area contributed by atoms with Gasteiger partial charge in [0.25, 0.3) is 5.56 Å². The number of hydrogen-bond acceptors (Lipinski definition) is 6. The summed E-state index contributed by atoms with van der Waals surface area (Å²) in [6.45, 7) is 7.75. The minimum Gasteiger partial charge on any atom is -0.360 e. The zero-order chi connectivity index (χ0) is 18.8. The molecule has 1 N–H and O–H groups in total. The van der Waals surface area contributed by atoms with Crippen LogP contribution in [0.15, 0.2) is 10.9 Å². The van der Waals surface area contributed by atoms with Gasteiger partial charge in [-0.1, -0.05) is 6.42 Å². The SMILES string of the molecule is Cc1nc(NCC2CCCCN2CCn2nc3c(cc2=O)CCC3)sc1C. The van der Waals surface area contributed by atoms with Gasteiger partial charge in [-0.25, -0.2) is 9.67 Å². The summed E-state index contributed by atoms with van der Waals surface area (Å²) in [7, 11) is 0. The van der Waals surface area contributed by atoms with Crippen LogP contribution in [-0.4, -0.2) is 45.3 Å². The Balaban J connectivity index is 1.37. The lowest BCUT2D eigenvalue weighted by atomic mass is 10.0. The quantitative estimate of drug-likeness (QED) is 0.826. The molecule has 1 saturated heterocycles. The first-order valence-corrected chi connectivity index (χ1v) is 10.9. The lowest BCUT2D eigenvalue weighted by Gasteiger charge is -2.35. The molecule has 27 heavy (non-hydrogen) atoms. The molecule has 1 aliphatic heterocycles. The van der Waals surface area contributed by atoms with Crippen LogP contribution in [0, 0.1) is 13.8 Å². The monoisotopic (exact) mass is 387 g/mol. The number of aryl methyl sites for hydroxylation is 4. The highest BCUT2D eigenvalue weighted by Crippen LogP contribution is 2.23. The van der Waals surface area contributed by atoms with Gasteiger partial charge in [-0.15, -0.1) is 11.3 Å². The van der Waals surface area contributed by atoms with Gasteiger partial charge in [-0.2, -0.15) is 5.10 Å². The third-order valence-electron chi connectivity index (χ3n) is 5.89. The van der Waals surface area contributed by atoms with Crippen LogP contribution >= 0.6 is 11.3 Å². The van der Waals surface area contributed by atoms with Crippen molar-refractivity contribution < 1.29 is 0 Å². The Morgan fingerprint density at radius 3 is 2.93 bits per heavy atom. The predicted octanol–water partition coefficient (Wildman–Crippen LogP) is 2.77. The van der Waals surface area contributed by atoms with Crippen molar-refractivity contribution in [1.82, 2.24) is 19.7 Å². The minimum atomic E-state index is 0.0519. The molecular formula is C20H29N5OS. The Morgan fingerprint density at radius 1 is 1.22 bits per heavy atom. The number of anilines is 1. The standard InChI is InChI=1S/C20H29N5OS/c1-14-15(2)27-20(22-14)21-13-17-7-3-4-9-24(17)10-11-25-19(26)12-16-6-5-8-18(16)23-25/h12,17H,3-11,13H2,1-2H3,(H,21,22). The summed E-state index contributed by atoms with van der Waals surface area (Å²) in [6, 6.07) is 2.30. The second kappa shape index (κ2) is 8.10. The van der Waals surface area contributed by atoms with Crippen molar-refractivity contribution in [3.63, 3.8) is 0 Å². The fourth-order valence-electron chi connectivity index (χ4n) is 4.16. The van der Waals surface area contributed by atoms with Crippen LogP contribution in [0.1, 0.15) is 47.5 Å². The highest BCUT2D eigenvalue weighted by molar-refractivity contribution is 7.15. The topological polar surface area (TPSA) is 63.1 Å². The van der Waals surface area contributed by atoms with Gasteiger partial charge >= 0.3 is 0 Å². The maximum Gasteiger partial charge on any atom is 0.267 e. The normalized spacial score (nSPS) is 20.0. The molecule has 0 bridgehead atoms. The van der Waals surface area contributed by atoms with Crippen molar-refractivity contribution in [1.29, 1.82) is 0 Å². The first-order valence-electron chi connectivity index (χ1n) is 10.1. The van der Waals surface area contributed by atoms with E-state index < -0.39 is 0 Å². The van der Waals surface area contributed by atoms with E-state index in [1.807, 2.05) is 0 Å². The molecule has 1 aliphatic carbocycles. The molecule has 1 atom stereocenters. The van der Waals surface area contributed by atoms with Crippen molar-refractivity contribution in [2.75, 3.05) is 25.0 Å². The summed E-state index contributed by atoms with van der Waals surface area (Å²) < 4.78 is 1.68. The number of thiazole rings is 1. The van der Waals surface area contributed by atoms with Gasteiger partial charge in [-0.05, 0) is 58.1 Å². The predicted molar refractivity (Wildman–Crippen MR) is 110 cm³/mol. The molecular weight excluding hydrogens is 358 g/mol. The van der Waals surface area contributed by atoms with E-state index in [1.54, 1.807) is 22.1 Å². The van der Waals surface area contributed by atoms with E-state index in [0.717, 1.165) is 61.0 Å². The zero-order valence-corrected chi connectivity index (χ0v) is 17.1. The van der Waals surface area contributed by atoms with E-state index in [1.165, 1.54) is 24.1 Å². The molecule has 1 fully saturated rings. The summed E-state index contributed by atoms with van der Waals surface area (Å²) in [5.41, 5.74) is 3.45. The van der Waals surface area contributed by atoms with Gasteiger partial charge in [-0.3, -0.25) is 9.69 Å². The Morgan fingerprint density at radius 2 is 2.11 bits per heavy atom. The molecule has 2 aliphatic rings. The molecule has 146 valence electrons. The Hall–Kier alpha value is -1.73. The van der Waals surface area contributed by atoms with Gasteiger partial charge in [0.2, 0.25) is 0 Å². The number of likely N-dealkylation sites (tertiary alicyclic amines) is 1. The second-order valence-corrected chi connectivity index (χ2v) is 8.96. The highest BCUT2D eigenvalue weighted by Gasteiger charge is 2.23. The lowest BCUT2D eigenvalue weighted by Crippen LogP contribution is -2.45. The number of hydrogen-bond donors (Lipinski definition) is 1. The summed E-state index contributed by atoms with van der Waals surface area (Å²) in [5, 5.41) is 9.17. The fourth-order valence-corrected chi connectivity index (χ4v) is 4.98. The average molecular weight is 388 g/mol. The van der Waals surface area contributed by atoms with Crippen LogP contribution in [0.3, 0.4) is 0 Å². The third kappa shape index (κ3) is 4.24. The number of piperidine rings is 1. The summed E-state index contributed by atoms with van der Waals surface area (Å²) in [4.78, 5) is 20.7. The smallest absolute Gasteiger partial charge is 0.267 e. The van der Waals surface area contributed by atoms with Crippen molar-refractivity contribution in [2.45, 2.75) is 65.0 Å². The minimum absolute atomic E-state index is 0.0519. The molecule has 2 aromatic heterocycles. The van der Waals surface area contributed by atoms with E-state index in [4.69, 9.17) is 0 Å². The molecule has 6 nitrogen and oxygen atoms in total. The molecule has 0 aromatic carbocycles. The van der Waals surface area contributed by atoms with Gasteiger partial charge in [0.05, 0.1) is 17.9 Å². The molecule has 4 rings (SSSR count). The number of rotatable bonds is 6. The molecule has 0 radical (unpaired) electrons. The number of aromatic nitrogens is 3. The Labute approximate surface area is 164 Å². The largest absolute Gasteiger partial charge is 0.360 e. The molecule has 7 heteroatoms. The van der Waals surface area contributed by atoms with Crippen molar-refractivity contribution in [2.24, 2.45) is 0 Å². The Kier molecular flexibility index (Phi) is 5.59. The van der Waals surface area contributed by atoms with E-state index >= 15 is 0 Å². The summed E-state index contributed by atoms with van der Waals surface area (Å²) in [5.74, 6) is 0. The van der Waals surface area contributed by atoms with Crippen LogP contribution < -0.4 is 10.9 Å². The van der Waals surface area contributed by atoms with E-state index in [0.29, 0.717) is 12.6 Å². The fraction of sp³-hybridized carbons (Fsp3) is 0.650. The van der Waals surface area contributed by atoms with Gasteiger partial charge < -0.3 is 5.32 Å². The van der Waals surface area contributed by atoms with Crippen LogP contribution in [0.2, 0.25) is 0 Å². The molecule has 2 aromatic rings. The Bertz CT molecular complexity index is 839. The lowest BCUT2D eigenvalue weighted by molar-refractivity contribution is 0.148. The van der Waals surface area contributed by atoms with Crippen LogP contribution in [0.4, 0.5) is 5.13 Å². The maximum absolute atomic E-state index is 12.3. The van der Waals surface area contributed by atoms with Gasteiger partial charge in [0.15, 0.2) is 5.13 Å². The van der Waals surface area contributed by atoms with E-state index in [2.05, 4.69) is 34.1 Å². The van der Waals surface area contributed by atoms with Crippen molar-refractivity contribution in [3.8, 4) is 0 Å². The maximum atomic E-state index is 12.3. The molecule has 0 spiro atoms. The number of nitrogens with one attached hydrogen (secondary N) is 1. The summed E-state index contributed by atoms with van der Waals surface area (Å²) >= 11 is 1.73. The van der Waals surface area contributed by atoms with Crippen LogP contribution in [-0.2, 0) is 19.4 Å². The molecule has 1 unspecified atom stereocenters. The van der Waals surface area contributed by atoms with E-state index in [-0.39, 0.29) is 5.56 Å². The first kappa shape index (κ1) is 18.6. The number of fused-ring (bicyclic) bond motifs is 1. The zero-order valence-electron chi connectivity index (χ0n) is 16.3. The first-order chi connectivity index (χ1) is 13.1. The van der Waals surface area contributed by atoms with Crippen molar-refractivity contribution >= 4 is 16.5 Å². The van der Waals surface area contributed by atoms with Crippen LogP contribution in [0.25, 0.3) is 0 Å². The van der Waals surface area contributed by atoms with E-state index in [9.17, 15) is 4.79 Å². The molecule has 0 amide bonds. The van der Waals surface area contributed by atoms with Crippen molar-refractivity contribution in [3.05, 3.63) is 38.2 Å². The van der Waals surface area contributed by atoms with Crippen LogP contribution in [0.5, 0.6) is 0 Å². The van der Waals surface area contributed by atoms with Gasteiger partial charge in [0.1, 0.15) is 0 Å². The number of nitrogens with zero attached hydrogens (tertiary/aromatic N) is 4. The third-order valence-corrected chi connectivity index (χ3v) is 6.92. The average Bonchev–Trinajstić information content (AvgIpc) is 3.24. The second-order valence-electron chi connectivity index (χ2n) is 7.76. The molecule has 0 saturated carbocycles.